The Kier molecular flexibility index (Phi) is 6.00. The standard InChI is InChI=1S/C23H28N4OS/c1-17-16-18-6-2-3-7-21(18)26(17)15-5-13-24-23(29)25-19-9-11-20(12-10-19)27-14-4-8-22(27)28/h2-3,6-7,9-12,17H,4-5,8,13-16H2,1H3,(H2,24,25,29)/t17-/m0/s1. The van der Waals surface area contributed by atoms with Crippen LogP contribution in [0.25, 0.3) is 0 Å². The van der Waals surface area contributed by atoms with E-state index in [9.17, 15) is 4.79 Å². The summed E-state index contributed by atoms with van der Waals surface area (Å²) >= 11 is 5.43. The second-order valence-electron chi connectivity index (χ2n) is 7.81. The fourth-order valence-electron chi connectivity index (χ4n) is 4.24. The van der Waals surface area contributed by atoms with Crippen molar-refractivity contribution in [2.24, 2.45) is 0 Å². The van der Waals surface area contributed by atoms with Crippen LogP contribution in [0.4, 0.5) is 17.1 Å². The third kappa shape index (κ3) is 4.53. The minimum absolute atomic E-state index is 0.206. The van der Waals surface area contributed by atoms with Crippen LogP contribution in [0.5, 0.6) is 0 Å². The number of amides is 1. The van der Waals surface area contributed by atoms with E-state index in [0.29, 0.717) is 17.6 Å². The lowest BCUT2D eigenvalue weighted by Gasteiger charge is -2.25. The average Bonchev–Trinajstić information content (AvgIpc) is 3.28. The molecule has 0 aliphatic carbocycles. The van der Waals surface area contributed by atoms with Gasteiger partial charge in [0.25, 0.3) is 0 Å². The minimum atomic E-state index is 0.206. The number of benzene rings is 2. The van der Waals surface area contributed by atoms with E-state index in [-0.39, 0.29) is 5.91 Å². The van der Waals surface area contributed by atoms with E-state index in [4.69, 9.17) is 12.2 Å². The molecule has 4 rings (SSSR count). The first kappa shape index (κ1) is 19.7. The Morgan fingerprint density at radius 3 is 2.72 bits per heavy atom. The number of nitrogens with zero attached hydrogens (tertiary/aromatic N) is 2. The zero-order valence-corrected chi connectivity index (χ0v) is 17.7. The van der Waals surface area contributed by atoms with Crippen molar-refractivity contribution in [1.82, 2.24) is 5.32 Å². The van der Waals surface area contributed by atoms with Crippen LogP contribution in [0.3, 0.4) is 0 Å². The molecule has 2 heterocycles. The highest BCUT2D eigenvalue weighted by atomic mass is 32.1. The van der Waals surface area contributed by atoms with Crippen molar-refractivity contribution in [2.45, 2.75) is 38.6 Å². The lowest BCUT2D eigenvalue weighted by atomic mass is 10.1. The Morgan fingerprint density at radius 2 is 1.97 bits per heavy atom. The van der Waals surface area contributed by atoms with Gasteiger partial charge in [0.15, 0.2) is 5.11 Å². The van der Waals surface area contributed by atoms with Crippen LogP contribution >= 0.6 is 12.2 Å². The summed E-state index contributed by atoms with van der Waals surface area (Å²) in [5.41, 5.74) is 4.71. The number of hydrogen-bond acceptors (Lipinski definition) is 3. The molecule has 0 spiro atoms. The molecule has 6 heteroatoms. The third-order valence-corrected chi connectivity index (χ3v) is 5.97. The Labute approximate surface area is 178 Å². The van der Waals surface area contributed by atoms with E-state index < -0.39 is 0 Å². The summed E-state index contributed by atoms with van der Waals surface area (Å²) in [5, 5.41) is 7.16. The number of nitrogens with one attached hydrogen (secondary N) is 2. The number of rotatable bonds is 6. The molecular weight excluding hydrogens is 380 g/mol. The summed E-state index contributed by atoms with van der Waals surface area (Å²) in [7, 11) is 0. The molecule has 2 N–H and O–H groups in total. The van der Waals surface area contributed by atoms with Crippen LogP contribution in [0.2, 0.25) is 0 Å². The maximum atomic E-state index is 11.8. The second-order valence-corrected chi connectivity index (χ2v) is 8.21. The largest absolute Gasteiger partial charge is 0.368 e. The molecule has 1 fully saturated rings. The Balaban J connectivity index is 1.21. The quantitative estimate of drug-likeness (QED) is 0.560. The first-order valence-corrected chi connectivity index (χ1v) is 10.8. The number of fused-ring (bicyclic) bond motifs is 1. The van der Waals surface area contributed by atoms with Gasteiger partial charge in [0.05, 0.1) is 0 Å². The monoisotopic (exact) mass is 408 g/mol. The number of para-hydroxylation sites is 1. The van der Waals surface area contributed by atoms with E-state index >= 15 is 0 Å². The van der Waals surface area contributed by atoms with Crippen LogP contribution in [0.15, 0.2) is 48.5 Å². The van der Waals surface area contributed by atoms with Crippen molar-refractivity contribution in [3.63, 3.8) is 0 Å². The number of carbonyl (C=O) groups is 1. The van der Waals surface area contributed by atoms with Crippen LogP contribution in [0, 0.1) is 0 Å². The lowest BCUT2D eigenvalue weighted by molar-refractivity contribution is -0.117. The lowest BCUT2D eigenvalue weighted by Crippen LogP contribution is -2.34. The Morgan fingerprint density at radius 1 is 1.17 bits per heavy atom. The van der Waals surface area contributed by atoms with Crippen molar-refractivity contribution in [3.05, 3.63) is 54.1 Å². The molecule has 2 aliphatic heterocycles. The zero-order chi connectivity index (χ0) is 20.2. The van der Waals surface area contributed by atoms with Crippen molar-refractivity contribution >= 4 is 40.3 Å². The van der Waals surface area contributed by atoms with Crippen LogP contribution in [-0.4, -0.2) is 36.7 Å². The van der Waals surface area contributed by atoms with E-state index in [1.807, 2.05) is 29.2 Å². The molecule has 1 atom stereocenters. The van der Waals surface area contributed by atoms with Gasteiger partial charge >= 0.3 is 0 Å². The number of thiocarbonyl (C=S) groups is 1. The minimum Gasteiger partial charge on any atom is -0.368 e. The van der Waals surface area contributed by atoms with Crippen LogP contribution in [0.1, 0.15) is 31.7 Å². The van der Waals surface area contributed by atoms with Gasteiger partial charge in [0.1, 0.15) is 0 Å². The van der Waals surface area contributed by atoms with Crippen LogP contribution in [-0.2, 0) is 11.2 Å². The summed E-state index contributed by atoms with van der Waals surface area (Å²) in [5.74, 6) is 0.206. The summed E-state index contributed by atoms with van der Waals surface area (Å²) in [6.45, 7) is 4.95. The fourth-order valence-corrected chi connectivity index (χ4v) is 4.46. The molecule has 1 saturated heterocycles. The smallest absolute Gasteiger partial charge is 0.227 e. The maximum absolute atomic E-state index is 11.8. The molecule has 2 aromatic rings. The van der Waals surface area contributed by atoms with Gasteiger partial charge in [-0.2, -0.15) is 0 Å². The molecule has 0 unspecified atom stereocenters. The Hall–Kier alpha value is -2.60. The molecule has 29 heavy (non-hydrogen) atoms. The van der Waals surface area contributed by atoms with Gasteiger partial charge in [0, 0.05) is 49.2 Å². The predicted molar refractivity (Wildman–Crippen MR) is 124 cm³/mol. The van der Waals surface area contributed by atoms with Gasteiger partial charge < -0.3 is 20.4 Å². The molecule has 0 aromatic heterocycles. The molecule has 1 amide bonds. The van der Waals surface area contributed by atoms with Gasteiger partial charge in [-0.3, -0.25) is 4.79 Å². The van der Waals surface area contributed by atoms with E-state index in [2.05, 4.69) is 46.7 Å². The first-order valence-electron chi connectivity index (χ1n) is 10.4. The van der Waals surface area contributed by atoms with Crippen molar-refractivity contribution < 1.29 is 4.79 Å². The van der Waals surface area contributed by atoms with E-state index in [0.717, 1.165) is 50.3 Å². The van der Waals surface area contributed by atoms with Crippen molar-refractivity contribution in [1.29, 1.82) is 0 Å². The fraction of sp³-hybridized carbons (Fsp3) is 0.391. The first-order chi connectivity index (χ1) is 14.1. The number of anilines is 3. The van der Waals surface area contributed by atoms with Gasteiger partial charge in [-0.15, -0.1) is 0 Å². The van der Waals surface area contributed by atoms with Crippen LogP contribution < -0.4 is 20.4 Å². The molecule has 2 aliphatic rings. The zero-order valence-electron chi connectivity index (χ0n) is 16.9. The summed E-state index contributed by atoms with van der Waals surface area (Å²) in [6.07, 6.45) is 3.74. The van der Waals surface area contributed by atoms with Gasteiger partial charge in [-0.1, -0.05) is 18.2 Å². The molecular formula is C23H28N4OS. The Bertz CT molecular complexity index is 883. The van der Waals surface area contributed by atoms with Crippen molar-refractivity contribution in [2.75, 3.05) is 34.8 Å². The van der Waals surface area contributed by atoms with Gasteiger partial charge in [0.2, 0.25) is 5.91 Å². The predicted octanol–water partition coefficient (Wildman–Crippen LogP) is 3.94. The molecule has 0 bridgehead atoms. The molecule has 2 aromatic carbocycles. The molecule has 152 valence electrons. The molecule has 5 nitrogen and oxygen atoms in total. The van der Waals surface area contributed by atoms with E-state index in [1.165, 1.54) is 11.3 Å². The van der Waals surface area contributed by atoms with Crippen molar-refractivity contribution in [3.8, 4) is 0 Å². The summed E-state index contributed by atoms with van der Waals surface area (Å²) in [6, 6.07) is 17.1. The number of hydrogen-bond donors (Lipinski definition) is 2. The van der Waals surface area contributed by atoms with E-state index in [1.54, 1.807) is 0 Å². The SMILES string of the molecule is C[C@H]1Cc2ccccc2N1CCCNC(=S)Nc1ccc(N2CCCC2=O)cc1. The maximum Gasteiger partial charge on any atom is 0.227 e. The van der Waals surface area contributed by atoms with Gasteiger partial charge in [-0.05, 0) is 74.3 Å². The third-order valence-electron chi connectivity index (χ3n) is 5.72. The highest BCUT2D eigenvalue weighted by Crippen LogP contribution is 2.31. The normalized spacial score (nSPS) is 18.1. The highest BCUT2D eigenvalue weighted by molar-refractivity contribution is 7.80. The topological polar surface area (TPSA) is 47.6 Å². The molecule has 0 radical (unpaired) electrons. The molecule has 0 saturated carbocycles. The second kappa shape index (κ2) is 8.82. The average molecular weight is 409 g/mol. The van der Waals surface area contributed by atoms with Gasteiger partial charge in [-0.25, -0.2) is 0 Å². The highest BCUT2D eigenvalue weighted by Gasteiger charge is 2.24. The summed E-state index contributed by atoms with van der Waals surface area (Å²) < 4.78 is 0. The summed E-state index contributed by atoms with van der Waals surface area (Å²) in [4.78, 5) is 16.2. The number of carbonyl (C=O) groups excluding carboxylic acids is 1.